The van der Waals surface area contributed by atoms with E-state index < -0.39 is 0 Å². The van der Waals surface area contributed by atoms with Crippen molar-refractivity contribution in [2.45, 2.75) is 38.6 Å². The summed E-state index contributed by atoms with van der Waals surface area (Å²) in [6.07, 6.45) is 8.73. The van der Waals surface area contributed by atoms with E-state index >= 15 is 0 Å². The Kier molecular flexibility index (Phi) is 5.56. The highest BCUT2D eigenvalue weighted by atomic mass is 32.1. The second-order valence-electron chi connectivity index (χ2n) is 8.97. The van der Waals surface area contributed by atoms with Crippen molar-refractivity contribution in [1.82, 2.24) is 14.8 Å². The maximum Gasteiger partial charge on any atom is 0.185 e. The quantitative estimate of drug-likeness (QED) is 0.824. The third-order valence-electron chi connectivity index (χ3n) is 6.86. The zero-order valence-corrected chi connectivity index (χ0v) is 17.2. The molecule has 2 saturated heterocycles. The Hall–Kier alpha value is -0.690. The summed E-state index contributed by atoms with van der Waals surface area (Å²) >= 11 is 1.79. The molecule has 1 saturated carbocycles. The lowest BCUT2D eigenvalue weighted by atomic mass is 9.64. The molecule has 1 N–H and O–H groups in total. The summed E-state index contributed by atoms with van der Waals surface area (Å²) < 4.78 is 0. The minimum Gasteiger partial charge on any atom is -0.396 e. The van der Waals surface area contributed by atoms with Gasteiger partial charge in [-0.25, -0.2) is 4.98 Å². The lowest BCUT2D eigenvalue weighted by molar-refractivity contribution is -0.0440. The second kappa shape index (κ2) is 7.74. The monoisotopic (exact) mass is 378 g/mol. The highest BCUT2D eigenvalue weighted by Gasteiger charge is 2.44. The fraction of sp³-hybridized carbons (Fsp3) is 0.850. The second-order valence-corrected chi connectivity index (χ2v) is 10.1. The molecule has 1 spiro atoms. The Balaban J connectivity index is 1.33. The van der Waals surface area contributed by atoms with Crippen LogP contribution < -0.4 is 4.90 Å². The van der Waals surface area contributed by atoms with E-state index in [0.29, 0.717) is 17.9 Å². The smallest absolute Gasteiger partial charge is 0.185 e. The van der Waals surface area contributed by atoms with Gasteiger partial charge in [0.25, 0.3) is 0 Å². The molecule has 1 aliphatic carbocycles. The fourth-order valence-corrected chi connectivity index (χ4v) is 5.75. The molecule has 26 heavy (non-hydrogen) atoms. The highest BCUT2D eigenvalue weighted by molar-refractivity contribution is 7.15. The molecule has 146 valence electrons. The summed E-state index contributed by atoms with van der Waals surface area (Å²) in [6.45, 7) is 7.33. The number of aliphatic hydroxyl groups excluding tert-OH is 1. The van der Waals surface area contributed by atoms with E-state index in [0.717, 1.165) is 30.7 Å². The molecule has 0 aromatic carbocycles. The Morgan fingerprint density at radius 1 is 1.19 bits per heavy atom. The van der Waals surface area contributed by atoms with E-state index in [1.165, 1.54) is 56.6 Å². The molecular formula is C20H34N4OS. The van der Waals surface area contributed by atoms with Gasteiger partial charge in [0, 0.05) is 57.3 Å². The van der Waals surface area contributed by atoms with Crippen LogP contribution in [0.25, 0.3) is 0 Å². The highest BCUT2D eigenvalue weighted by Crippen LogP contribution is 2.46. The molecule has 0 bridgehead atoms. The summed E-state index contributed by atoms with van der Waals surface area (Å²) in [5.74, 6) is 1.42. The molecule has 0 unspecified atom stereocenters. The molecule has 0 amide bonds. The van der Waals surface area contributed by atoms with Gasteiger partial charge in [-0.2, -0.15) is 0 Å². The van der Waals surface area contributed by atoms with Gasteiger partial charge in [-0.1, -0.05) is 0 Å². The third kappa shape index (κ3) is 4.08. The number of thiazole rings is 1. The maximum atomic E-state index is 10.1. The molecule has 3 aliphatic rings. The van der Waals surface area contributed by atoms with Crippen LogP contribution in [0.2, 0.25) is 0 Å². The number of likely N-dealkylation sites (tertiary alicyclic amines) is 2. The van der Waals surface area contributed by atoms with E-state index in [1.54, 1.807) is 11.3 Å². The lowest BCUT2D eigenvalue weighted by Gasteiger charge is -2.51. The fourth-order valence-electron chi connectivity index (χ4n) is 4.88. The van der Waals surface area contributed by atoms with E-state index in [9.17, 15) is 5.11 Å². The molecule has 5 nitrogen and oxygen atoms in total. The van der Waals surface area contributed by atoms with Crippen LogP contribution in [-0.2, 0) is 6.54 Å². The van der Waals surface area contributed by atoms with Gasteiger partial charge in [-0.15, -0.1) is 11.3 Å². The van der Waals surface area contributed by atoms with Crippen LogP contribution >= 0.6 is 11.3 Å². The normalized spacial score (nSPS) is 27.1. The number of hydrogen-bond acceptors (Lipinski definition) is 6. The first-order valence-corrected chi connectivity index (χ1v) is 11.1. The first kappa shape index (κ1) is 18.7. The average molecular weight is 379 g/mol. The van der Waals surface area contributed by atoms with E-state index in [4.69, 9.17) is 0 Å². The molecule has 3 heterocycles. The number of aliphatic hydroxyl groups is 1. The summed E-state index contributed by atoms with van der Waals surface area (Å²) in [5.41, 5.74) is 0.383. The van der Waals surface area contributed by atoms with Crippen molar-refractivity contribution in [3.63, 3.8) is 0 Å². The Labute approximate surface area is 162 Å². The van der Waals surface area contributed by atoms with Crippen LogP contribution in [-0.4, -0.2) is 73.3 Å². The largest absolute Gasteiger partial charge is 0.396 e. The summed E-state index contributed by atoms with van der Waals surface area (Å²) in [7, 11) is 4.09. The van der Waals surface area contributed by atoms with Gasteiger partial charge >= 0.3 is 0 Å². The summed E-state index contributed by atoms with van der Waals surface area (Å²) in [6, 6.07) is 0. The first-order valence-electron chi connectivity index (χ1n) is 10.3. The van der Waals surface area contributed by atoms with Gasteiger partial charge in [0.05, 0.1) is 0 Å². The predicted octanol–water partition coefficient (Wildman–Crippen LogP) is 2.52. The number of rotatable bonds is 6. The van der Waals surface area contributed by atoms with Gasteiger partial charge in [-0.05, 0) is 63.1 Å². The lowest BCUT2D eigenvalue weighted by Crippen LogP contribution is -2.53. The topological polar surface area (TPSA) is 42.8 Å². The number of hydrogen-bond donors (Lipinski definition) is 1. The van der Waals surface area contributed by atoms with Crippen molar-refractivity contribution in [3.8, 4) is 0 Å². The van der Waals surface area contributed by atoms with Crippen molar-refractivity contribution < 1.29 is 5.11 Å². The zero-order chi connectivity index (χ0) is 18.1. The number of nitrogens with zero attached hydrogens (tertiary/aromatic N) is 4. The standard InChI is InChI=1S/C20H34N4OS/c1-22(2)19-21-11-18(26-19)14-24-10-7-20(17(13-24)15-25)5-8-23(9-6-20)12-16-3-4-16/h11,16-17,25H,3-10,12-15H2,1-2H3/t17-/m0/s1. The SMILES string of the molecule is CN(C)c1ncc(CN2CCC3(CCN(CC4CC4)CC3)[C@H](CO)C2)s1. The van der Waals surface area contributed by atoms with Crippen molar-refractivity contribution >= 4 is 16.5 Å². The van der Waals surface area contributed by atoms with Crippen molar-refractivity contribution in [1.29, 1.82) is 0 Å². The Morgan fingerprint density at radius 3 is 2.46 bits per heavy atom. The van der Waals surface area contributed by atoms with Crippen LogP contribution in [0.4, 0.5) is 5.13 Å². The van der Waals surface area contributed by atoms with Crippen LogP contribution in [0.15, 0.2) is 6.20 Å². The van der Waals surface area contributed by atoms with Gasteiger partial charge in [0.2, 0.25) is 0 Å². The number of piperidine rings is 2. The molecule has 0 radical (unpaired) electrons. The van der Waals surface area contributed by atoms with Crippen LogP contribution in [0.5, 0.6) is 0 Å². The van der Waals surface area contributed by atoms with Crippen molar-refractivity contribution in [2.75, 3.05) is 58.3 Å². The predicted molar refractivity (Wildman–Crippen MR) is 108 cm³/mol. The molecule has 3 fully saturated rings. The Morgan fingerprint density at radius 2 is 1.88 bits per heavy atom. The minimum absolute atomic E-state index is 0.338. The zero-order valence-electron chi connectivity index (χ0n) is 16.4. The molecule has 1 atom stereocenters. The third-order valence-corrected chi connectivity index (χ3v) is 8.01. The van der Waals surface area contributed by atoms with Crippen molar-refractivity contribution in [3.05, 3.63) is 11.1 Å². The summed E-state index contributed by atoms with van der Waals surface area (Å²) in [5, 5.41) is 11.2. The molecule has 6 heteroatoms. The summed E-state index contributed by atoms with van der Waals surface area (Å²) in [4.78, 5) is 13.1. The van der Waals surface area contributed by atoms with Gasteiger partial charge < -0.3 is 14.9 Å². The van der Waals surface area contributed by atoms with Gasteiger partial charge in [-0.3, -0.25) is 4.90 Å². The minimum atomic E-state index is 0.338. The average Bonchev–Trinajstić information content (AvgIpc) is 3.33. The van der Waals surface area contributed by atoms with E-state index in [1.807, 2.05) is 20.3 Å². The number of anilines is 1. The van der Waals surface area contributed by atoms with E-state index in [-0.39, 0.29) is 0 Å². The van der Waals surface area contributed by atoms with Gasteiger partial charge in [0.1, 0.15) is 0 Å². The Bertz CT molecular complexity index is 592. The maximum absolute atomic E-state index is 10.1. The van der Waals surface area contributed by atoms with Crippen molar-refractivity contribution in [2.24, 2.45) is 17.3 Å². The molecule has 2 aliphatic heterocycles. The van der Waals surface area contributed by atoms with E-state index in [2.05, 4.69) is 19.7 Å². The molecule has 4 rings (SSSR count). The molecule has 1 aromatic heterocycles. The van der Waals surface area contributed by atoms with Crippen LogP contribution in [0, 0.1) is 17.3 Å². The first-order chi connectivity index (χ1) is 12.6. The molecule has 1 aromatic rings. The molecular weight excluding hydrogens is 344 g/mol. The van der Waals surface area contributed by atoms with Crippen LogP contribution in [0.3, 0.4) is 0 Å². The van der Waals surface area contributed by atoms with Gasteiger partial charge in [0.15, 0.2) is 5.13 Å². The van der Waals surface area contributed by atoms with Crippen LogP contribution in [0.1, 0.15) is 37.0 Å². The number of aromatic nitrogens is 1.